The normalized spacial score (nSPS) is 12.0. The fourth-order valence-corrected chi connectivity index (χ4v) is 4.68. The number of benzene rings is 4. The molecule has 3 nitrogen and oxygen atoms in total. The fourth-order valence-electron chi connectivity index (χ4n) is 3.57. The van der Waals surface area contributed by atoms with Gasteiger partial charge in [-0.05, 0) is 78.7 Å². The molecular weight excluding hydrogens is 517 g/mol. The van der Waals surface area contributed by atoms with E-state index in [1.807, 2.05) is 66.4 Å². The van der Waals surface area contributed by atoms with E-state index in [9.17, 15) is 18.3 Å². The Kier molecular flexibility index (Phi) is 8.46. The van der Waals surface area contributed by atoms with Crippen LogP contribution in [0.4, 0.5) is 18.9 Å². The number of aryl methyl sites for hydroxylation is 1. The Morgan fingerprint density at radius 1 is 0.865 bits per heavy atom. The van der Waals surface area contributed by atoms with Crippen molar-refractivity contribution >= 4 is 34.2 Å². The molecule has 1 N–H and O–H groups in total. The third-order valence-corrected chi connectivity index (χ3v) is 6.77. The van der Waals surface area contributed by atoms with Gasteiger partial charge in [0.2, 0.25) is 0 Å². The van der Waals surface area contributed by atoms with Crippen LogP contribution in [0.3, 0.4) is 0 Å². The molecule has 0 fully saturated rings. The number of halogens is 4. The van der Waals surface area contributed by atoms with Crippen molar-refractivity contribution in [3.8, 4) is 5.75 Å². The molecule has 0 amide bonds. The van der Waals surface area contributed by atoms with Crippen LogP contribution in [-0.4, -0.2) is 15.2 Å². The highest BCUT2D eigenvalue weighted by atomic mass is 35.5. The number of thioether (sulfide) groups is 1. The number of alkyl halides is 3. The van der Waals surface area contributed by atoms with Gasteiger partial charge in [0.15, 0.2) is 5.17 Å². The third kappa shape index (κ3) is 7.78. The minimum Gasteiger partial charge on any atom is -0.508 e. The summed E-state index contributed by atoms with van der Waals surface area (Å²) in [5, 5.41) is 10.9. The maximum atomic E-state index is 13.1. The van der Waals surface area contributed by atoms with Crippen LogP contribution in [0.1, 0.15) is 22.3 Å². The zero-order valence-electron chi connectivity index (χ0n) is 19.9. The van der Waals surface area contributed by atoms with Gasteiger partial charge in [0.25, 0.3) is 0 Å². The molecule has 0 aliphatic carbocycles. The van der Waals surface area contributed by atoms with E-state index in [0.29, 0.717) is 29.0 Å². The first kappa shape index (κ1) is 26.6. The van der Waals surface area contributed by atoms with Crippen LogP contribution in [0.25, 0.3) is 0 Å². The number of phenols is 1. The molecule has 4 rings (SSSR count). The average molecular weight is 541 g/mol. The molecule has 0 aliphatic rings. The van der Waals surface area contributed by atoms with Gasteiger partial charge >= 0.3 is 6.18 Å². The predicted octanol–water partition coefficient (Wildman–Crippen LogP) is 8.86. The second-order valence-electron chi connectivity index (χ2n) is 8.51. The Balaban J connectivity index is 1.75. The molecule has 0 heterocycles. The number of aromatic hydroxyl groups is 1. The molecular formula is C29H24ClF3N2OS. The van der Waals surface area contributed by atoms with Gasteiger partial charge in [0.05, 0.1) is 11.3 Å². The van der Waals surface area contributed by atoms with Gasteiger partial charge in [-0.15, -0.1) is 0 Å². The maximum absolute atomic E-state index is 13.1. The molecule has 190 valence electrons. The first-order valence-corrected chi connectivity index (χ1v) is 12.6. The Labute approximate surface area is 223 Å². The zero-order chi connectivity index (χ0) is 26.4. The van der Waals surface area contributed by atoms with Gasteiger partial charge in [0.1, 0.15) is 5.75 Å². The Hall–Kier alpha value is -3.42. The molecule has 0 bridgehead atoms. The van der Waals surface area contributed by atoms with Gasteiger partial charge in [-0.1, -0.05) is 65.3 Å². The Bertz CT molecular complexity index is 1360. The standard InChI is InChI=1S/C29H24ClF3N2OS/c1-20-5-15-27(16-6-20)37-28(34-25-11-9-23(10-12-25)29(31,32)33)35(18-21-7-13-26(36)14-8-21)19-22-3-2-4-24(30)17-22/h2-17,36H,18-19H2,1H3. The lowest BCUT2D eigenvalue weighted by Gasteiger charge is -2.26. The second-order valence-corrected chi connectivity index (χ2v) is 9.98. The quantitative estimate of drug-likeness (QED) is 0.151. The number of hydrogen-bond acceptors (Lipinski definition) is 3. The molecule has 0 spiro atoms. The van der Waals surface area contributed by atoms with Crippen molar-refractivity contribution in [2.24, 2.45) is 4.99 Å². The average Bonchev–Trinajstić information content (AvgIpc) is 2.86. The van der Waals surface area contributed by atoms with Crippen molar-refractivity contribution in [3.05, 3.63) is 124 Å². The van der Waals surface area contributed by atoms with Gasteiger partial charge in [-0.2, -0.15) is 13.2 Å². The topological polar surface area (TPSA) is 35.8 Å². The number of nitrogens with zero attached hydrogens (tertiary/aromatic N) is 2. The van der Waals surface area contributed by atoms with E-state index in [-0.39, 0.29) is 5.75 Å². The maximum Gasteiger partial charge on any atom is 0.416 e. The monoisotopic (exact) mass is 540 g/mol. The van der Waals surface area contributed by atoms with Crippen LogP contribution >= 0.6 is 23.4 Å². The summed E-state index contributed by atoms with van der Waals surface area (Å²) in [6.45, 7) is 2.91. The van der Waals surface area contributed by atoms with Crippen LogP contribution in [0.2, 0.25) is 5.02 Å². The highest BCUT2D eigenvalue weighted by Gasteiger charge is 2.30. The van der Waals surface area contributed by atoms with Crippen molar-refractivity contribution in [2.45, 2.75) is 31.1 Å². The van der Waals surface area contributed by atoms with E-state index in [1.54, 1.807) is 18.2 Å². The van der Waals surface area contributed by atoms with Crippen molar-refractivity contribution in [1.29, 1.82) is 0 Å². The van der Waals surface area contributed by atoms with Crippen molar-refractivity contribution in [2.75, 3.05) is 0 Å². The van der Waals surface area contributed by atoms with E-state index in [1.165, 1.54) is 23.9 Å². The minimum atomic E-state index is -4.42. The molecule has 0 unspecified atom stereocenters. The van der Waals surface area contributed by atoms with E-state index < -0.39 is 11.7 Å². The fraction of sp³-hybridized carbons (Fsp3) is 0.138. The van der Waals surface area contributed by atoms with Crippen LogP contribution < -0.4 is 0 Å². The largest absolute Gasteiger partial charge is 0.508 e. The summed E-state index contributed by atoms with van der Waals surface area (Å²) >= 11 is 7.67. The number of rotatable bonds is 6. The third-order valence-electron chi connectivity index (χ3n) is 5.49. The molecule has 0 saturated heterocycles. The molecule has 37 heavy (non-hydrogen) atoms. The Morgan fingerprint density at radius 2 is 1.51 bits per heavy atom. The smallest absolute Gasteiger partial charge is 0.416 e. The van der Waals surface area contributed by atoms with E-state index >= 15 is 0 Å². The summed E-state index contributed by atoms with van der Waals surface area (Å²) in [5.74, 6) is 0.165. The Morgan fingerprint density at radius 3 is 2.14 bits per heavy atom. The SMILES string of the molecule is Cc1ccc(SC(=Nc2ccc(C(F)(F)F)cc2)N(Cc2ccc(O)cc2)Cc2cccc(Cl)c2)cc1. The summed E-state index contributed by atoms with van der Waals surface area (Å²) in [6.07, 6.45) is -4.42. The molecule has 0 atom stereocenters. The number of amidine groups is 1. The molecule has 8 heteroatoms. The van der Waals surface area contributed by atoms with E-state index in [4.69, 9.17) is 16.6 Å². The molecule has 0 aromatic heterocycles. The molecule has 0 aliphatic heterocycles. The van der Waals surface area contributed by atoms with Crippen molar-refractivity contribution in [1.82, 2.24) is 4.90 Å². The number of phenolic OH excluding ortho intramolecular Hbond substituents is 1. The second kappa shape index (κ2) is 11.8. The first-order chi connectivity index (χ1) is 17.7. The van der Waals surface area contributed by atoms with Crippen molar-refractivity contribution < 1.29 is 18.3 Å². The molecule has 4 aromatic carbocycles. The number of hydrogen-bond donors (Lipinski definition) is 1. The lowest BCUT2D eigenvalue weighted by Crippen LogP contribution is -2.28. The molecule has 0 radical (unpaired) electrons. The van der Waals surface area contributed by atoms with Gasteiger partial charge in [0, 0.05) is 23.0 Å². The highest BCUT2D eigenvalue weighted by Crippen LogP contribution is 2.32. The number of aliphatic imine (C=N–C) groups is 1. The first-order valence-electron chi connectivity index (χ1n) is 11.4. The minimum absolute atomic E-state index is 0.165. The van der Waals surface area contributed by atoms with Gasteiger partial charge < -0.3 is 10.0 Å². The summed E-state index contributed by atoms with van der Waals surface area (Å²) < 4.78 is 39.3. The van der Waals surface area contributed by atoms with Crippen molar-refractivity contribution in [3.63, 3.8) is 0 Å². The predicted molar refractivity (Wildman–Crippen MR) is 144 cm³/mol. The molecule has 4 aromatic rings. The summed E-state index contributed by atoms with van der Waals surface area (Å²) in [5.41, 5.74) is 2.69. The summed E-state index contributed by atoms with van der Waals surface area (Å²) in [4.78, 5) is 7.77. The lowest BCUT2D eigenvalue weighted by atomic mass is 10.1. The van der Waals surface area contributed by atoms with Gasteiger partial charge in [-0.25, -0.2) is 4.99 Å². The summed E-state index contributed by atoms with van der Waals surface area (Å²) in [7, 11) is 0. The van der Waals surface area contributed by atoms with E-state index in [0.717, 1.165) is 33.7 Å². The van der Waals surface area contributed by atoms with Crippen LogP contribution in [0.15, 0.2) is 107 Å². The van der Waals surface area contributed by atoms with Crippen LogP contribution in [0.5, 0.6) is 5.75 Å². The summed E-state index contributed by atoms with van der Waals surface area (Å²) in [6, 6.07) is 27.2. The molecule has 0 saturated carbocycles. The van der Waals surface area contributed by atoms with Crippen LogP contribution in [-0.2, 0) is 19.3 Å². The lowest BCUT2D eigenvalue weighted by molar-refractivity contribution is -0.137. The van der Waals surface area contributed by atoms with Crippen LogP contribution in [0, 0.1) is 6.92 Å². The zero-order valence-corrected chi connectivity index (χ0v) is 21.5. The highest BCUT2D eigenvalue weighted by molar-refractivity contribution is 8.13. The van der Waals surface area contributed by atoms with Gasteiger partial charge in [-0.3, -0.25) is 0 Å². The van der Waals surface area contributed by atoms with E-state index in [2.05, 4.69) is 0 Å².